The summed E-state index contributed by atoms with van der Waals surface area (Å²) < 4.78 is 13.6. The van der Waals surface area contributed by atoms with Crippen molar-refractivity contribution < 1.29 is 4.39 Å². The van der Waals surface area contributed by atoms with Gasteiger partial charge in [-0.3, -0.25) is 0 Å². The largest absolute Gasteiger partial charge is 0.237 e. The third-order valence-corrected chi connectivity index (χ3v) is 2.49. The molecule has 0 saturated heterocycles. The van der Waals surface area contributed by atoms with E-state index in [9.17, 15) is 4.39 Å². The van der Waals surface area contributed by atoms with Gasteiger partial charge in [-0.15, -0.1) is 0 Å². The van der Waals surface area contributed by atoms with E-state index < -0.39 is 6.17 Å². The van der Waals surface area contributed by atoms with Crippen LogP contribution in [0.2, 0.25) is 0 Å². The van der Waals surface area contributed by atoms with E-state index >= 15 is 0 Å². The summed E-state index contributed by atoms with van der Waals surface area (Å²) in [6.45, 7) is 1.86. The average Bonchev–Trinajstić information content (AvgIpc) is 2.35. The molecule has 0 saturated carbocycles. The monoisotopic (exact) mass is 228 g/mol. The van der Waals surface area contributed by atoms with Crippen molar-refractivity contribution in [3.63, 3.8) is 0 Å². The summed E-state index contributed by atoms with van der Waals surface area (Å²) in [5.74, 6) is 0. The van der Waals surface area contributed by atoms with Gasteiger partial charge in [0.25, 0.3) is 0 Å². The fourth-order valence-electron chi connectivity index (χ4n) is 1.16. The maximum Gasteiger partial charge on any atom is 0.152 e. The summed E-state index contributed by atoms with van der Waals surface area (Å²) in [6, 6.07) is 0. The number of fused-ring (bicyclic) bond motifs is 1. The first-order chi connectivity index (χ1) is 5.68. The molecule has 0 unspecified atom stereocenters. The van der Waals surface area contributed by atoms with Crippen LogP contribution in [0.15, 0.2) is 43.8 Å². The van der Waals surface area contributed by atoms with Crippen molar-refractivity contribution in [2.24, 2.45) is 10.2 Å². The van der Waals surface area contributed by atoms with Gasteiger partial charge >= 0.3 is 0 Å². The lowest BCUT2D eigenvalue weighted by molar-refractivity contribution is 0.461. The zero-order valence-electron chi connectivity index (χ0n) is 6.38. The predicted molar refractivity (Wildman–Crippen MR) is 47.5 cm³/mol. The van der Waals surface area contributed by atoms with Crippen molar-refractivity contribution >= 4 is 15.9 Å². The molecule has 0 radical (unpaired) electrons. The van der Waals surface area contributed by atoms with Gasteiger partial charge in [0.2, 0.25) is 0 Å². The number of rotatable bonds is 0. The second-order valence-corrected chi connectivity index (χ2v) is 3.60. The number of alkyl halides is 1. The molecular formula is C8H6BrFN2. The summed E-state index contributed by atoms with van der Waals surface area (Å²) in [7, 11) is 0. The van der Waals surface area contributed by atoms with E-state index in [0.29, 0.717) is 10.2 Å². The van der Waals surface area contributed by atoms with Crippen LogP contribution in [-0.4, -0.2) is 6.17 Å². The normalized spacial score (nSPS) is 27.1. The van der Waals surface area contributed by atoms with Gasteiger partial charge in [-0.1, -0.05) is 15.9 Å². The third kappa shape index (κ3) is 1.06. The Hall–Kier alpha value is -0.770. The van der Waals surface area contributed by atoms with Crippen LogP contribution >= 0.6 is 15.9 Å². The molecule has 62 valence electrons. The summed E-state index contributed by atoms with van der Waals surface area (Å²) in [4.78, 5) is 0. The number of hydrogen-bond acceptors (Lipinski definition) is 2. The van der Waals surface area contributed by atoms with Gasteiger partial charge in [0.15, 0.2) is 6.17 Å². The fraction of sp³-hybridized carbons (Fsp3) is 0.250. The smallest absolute Gasteiger partial charge is 0.152 e. The first-order valence-electron chi connectivity index (χ1n) is 3.54. The number of nitrogens with zero attached hydrogens (tertiary/aromatic N) is 2. The molecule has 2 aliphatic rings. The molecule has 0 aromatic heterocycles. The molecule has 1 aliphatic carbocycles. The van der Waals surface area contributed by atoms with E-state index in [1.54, 1.807) is 6.08 Å². The van der Waals surface area contributed by atoms with Crippen molar-refractivity contribution in [1.29, 1.82) is 0 Å². The van der Waals surface area contributed by atoms with Gasteiger partial charge in [0.1, 0.15) is 0 Å². The molecular weight excluding hydrogens is 223 g/mol. The lowest BCUT2D eigenvalue weighted by Gasteiger charge is -2.09. The molecule has 0 aromatic carbocycles. The van der Waals surface area contributed by atoms with E-state index in [0.717, 1.165) is 11.3 Å². The molecule has 0 spiro atoms. The van der Waals surface area contributed by atoms with Crippen molar-refractivity contribution in [2.75, 3.05) is 0 Å². The second kappa shape index (κ2) is 2.62. The molecule has 0 bridgehead atoms. The Kier molecular flexibility index (Phi) is 1.72. The Morgan fingerprint density at radius 1 is 1.50 bits per heavy atom. The lowest BCUT2D eigenvalue weighted by atomic mass is 10.0. The minimum absolute atomic E-state index is 0.535. The maximum absolute atomic E-state index is 13.0. The quantitative estimate of drug-likeness (QED) is 0.609. The Bertz CT molecular complexity index is 352. The zero-order chi connectivity index (χ0) is 8.72. The van der Waals surface area contributed by atoms with Crippen LogP contribution in [0.4, 0.5) is 4.39 Å². The molecule has 2 rings (SSSR count). The molecule has 1 aliphatic heterocycles. The second-order valence-electron chi connectivity index (χ2n) is 2.68. The zero-order valence-corrected chi connectivity index (χ0v) is 7.97. The highest BCUT2D eigenvalue weighted by molar-refractivity contribution is 9.11. The van der Waals surface area contributed by atoms with Gasteiger partial charge in [-0.2, -0.15) is 10.2 Å². The summed E-state index contributed by atoms with van der Waals surface area (Å²) in [5, 5.41) is 7.68. The Balaban J connectivity index is 2.50. The molecule has 2 nitrogen and oxygen atoms in total. The van der Waals surface area contributed by atoms with Crippen molar-refractivity contribution in [2.45, 2.75) is 13.1 Å². The number of allylic oxidation sites excluding steroid dienone is 4. The van der Waals surface area contributed by atoms with Crippen molar-refractivity contribution in [3.05, 3.63) is 33.6 Å². The van der Waals surface area contributed by atoms with Gasteiger partial charge in [0.05, 0.1) is 11.4 Å². The highest BCUT2D eigenvalue weighted by Gasteiger charge is 2.22. The number of halogens is 2. The standard InChI is InChI=1S/C8H6BrFN2/c1-4-5-2-6(9)7(10)3-8(5)12-11-4/h2-3,7H,1H3/t7-/m1/s1. The SMILES string of the molecule is CC1=C2C=C(Br)[C@H](F)C=C2N=N1. The fourth-order valence-corrected chi connectivity index (χ4v) is 1.52. The van der Waals surface area contributed by atoms with E-state index in [1.807, 2.05) is 6.92 Å². The molecule has 0 amide bonds. The number of azo groups is 1. The first kappa shape index (κ1) is 7.86. The molecule has 12 heavy (non-hydrogen) atoms. The Morgan fingerprint density at radius 2 is 2.25 bits per heavy atom. The lowest BCUT2D eigenvalue weighted by Crippen LogP contribution is -2.02. The Labute approximate surface area is 77.7 Å². The summed E-state index contributed by atoms with van der Waals surface area (Å²) >= 11 is 3.14. The summed E-state index contributed by atoms with van der Waals surface area (Å²) in [6.07, 6.45) is 2.11. The maximum atomic E-state index is 13.0. The van der Waals surface area contributed by atoms with E-state index in [2.05, 4.69) is 26.2 Å². The van der Waals surface area contributed by atoms with Gasteiger partial charge < -0.3 is 0 Å². The molecule has 1 heterocycles. The van der Waals surface area contributed by atoms with Crippen molar-refractivity contribution in [1.82, 2.24) is 0 Å². The molecule has 0 N–H and O–H groups in total. The van der Waals surface area contributed by atoms with Crippen LogP contribution in [0, 0.1) is 0 Å². The Morgan fingerprint density at radius 3 is 3.00 bits per heavy atom. The average molecular weight is 229 g/mol. The topological polar surface area (TPSA) is 24.7 Å². The minimum atomic E-state index is -1.08. The van der Waals surface area contributed by atoms with Crippen molar-refractivity contribution in [3.8, 4) is 0 Å². The predicted octanol–water partition coefficient (Wildman–Crippen LogP) is 3.24. The molecule has 0 aromatic rings. The van der Waals surface area contributed by atoms with Gasteiger partial charge in [-0.25, -0.2) is 4.39 Å². The molecule has 1 atom stereocenters. The van der Waals surface area contributed by atoms with Crippen LogP contribution in [0.25, 0.3) is 0 Å². The van der Waals surface area contributed by atoms with Crippen LogP contribution in [0.1, 0.15) is 6.92 Å². The number of hydrogen-bond donors (Lipinski definition) is 0. The van der Waals surface area contributed by atoms with Gasteiger partial charge in [0, 0.05) is 10.1 Å². The van der Waals surface area contributed by atoms with E-state index in [4.69, 9.17) is 0 Å². The van der Waals surface area contributed by atoms with E-state index in [1.165, 1.54) is 6.08 Å². The van der Waals surface area contributed by atoms with Crippen LogP contribution in [0.5, 0.6) is 0 Å². The van der Waals surface area contributed by atoms with E-state index in [-0.39, 0.29) is 0 Å². The van der Waals surface area contributed by atoms with Gasteiger partial charge in [-0.05, 0) is 19.1 Å². The van der Waals surface area contributed by atoms with Crippen LogP contribution in [0.3, 0.4) is 0 Å². The van der Waals surface area contributed by atoms with Crippen LogP contribution < -0.4 is 0 Å². The highest BCUT2D eigenvalue weighted by Crippen LogP contribution is 2.34. The highest BCUT2D eigenvalue weighted by atomic mass is 79.9. The third-order valence-electron chi connectivity index (χ3n) is 1.82. The minimum Gasteiger partial charge on any atom is -0.237 e. The molecule has 4 heteroatoms. The summed E-state index contributed by atoms with van der Waals surface area (Å²) in [5.41, 5.74) is 2.39. The first-order valence-corrected chi connectivity index (χ1v) is 4.34. The molecule has 0 fully saturated rings. The van der Waals surface area contributed by atoms with Crippen LogP contribution in [-0.2, 0) is 0 Å².